The smallest absolute Gasteiger partial charge is 0.399 e. The van der Waals surface area contributed by atoms with Crippen LogP contribution in [0, 0.1) is 22.7 Å². The summed E-state index contributed by atoms with van der Waals surface area (Å²) in [7, 11) is -0.338. The molecule has 8 aromatic carbocycles. The van der Waals surface area contributed by atoms with Gasteiger partial charge < -0.3 is 9.31 Å². The van der Waals surface area contributed by atoms with Gasteiger partial charge in [0.25, 0.3) is 0 Å². The lowest BCUT2D eigenvalue weighted by atomic mass is 9.78. The third-order valence-corrected chi connectivity index (χ3v) is 14.3. The Hall–Kier alpha value is -6.84. The highest BCUT2D eigenvalue weighted by atomic mass is 79.9. The van der Waals surface area contributed by atoms with Crippen molar-refractivity contribution in [3.05, 3.63) is 206 Å². The molecule has 0 aliphatic carbocycles. The first-order valence-electron chi connectivity index (χ1n) is 22.4. The summed E-state index contributed by atoms with van der Waals surface area (Å²) in [5.41, 5.74) is 12.8. The fraction of sp³-hybridized carbons (Fsp3) is 0.107. The lowest BCUT2D eigenvalue weighted by Gasteiger charge is -2.32. The second kappa shape index (κ2) is 21.1. The van der Waals surface area contributed by atoms with E-state index in [4.69, 9.17) is 66.2 Å². The van der Waals surface area contributed by atoms with Crippen molar-refractivity contribution < 1.29 is 9.31 Å². The Labute approximate surface area is 445 Å². The third-order valence-electron chi connectivity index (χ3n) is 12.3. The van der Waals surface area contributed by atoms with Gasteiger partial charge in [0.15, 0.2) is 0 Å². The Morgan fingerprint density at radius 1 is 0.431 bits per heavy atom. The molecule has 0 spiro atoms. The number of rotatable bonds is 6. The summed E-state index contributed by atoms with van der Waals surface area (Å²) < 4.78 is 13.1. The molecular formula is C56H40BBrCl4N8O2. The summed E-state index contributed by atoms with van der Waals surface area (Å²) in [4.78, 5) is 3.14. The van der Waals surface area contributed by atoms with Gasteiger partial charge >= 0.3 is 7.12 Å². The number of benzene rings is 8. The SMILES string of the molecule is CC1(C)OB(c2ccc(-c3ccc(C#N)cc3)cc2)OC1(C)C.Clc1cc2nn(-c3ccc(Br)cc3)nc2cc1Cl.N#Cc1ccc(-c2ccc(-c3ccc(-n4nc5cc(Cl)c(Cl)cc5n4)cc3)cc2)cc1. The topological polar surface area (TPSA) is 127 Å². The van der Waals surface area contributed by atoms with Gasteiger partial charge in [0, 0.05) is 4.47 Å². The lowest BCUT2D eigenvalue weighted by molar-refractivity contribution is 0.00578. The van der Waals surface area contributed by atoms with Crippen LogP contribution in [0.5, 0.6) is 0 Å². The van der Waals surface area contributed by atoms with Gasteiger partial charge in [-0.05, 0) is 151 Å². The first-order chi connectivity index (χ1) is 34.6. The highest BCUT2D eigenvalue weighted by Gasteiger charge is 2.51. The van der Waals surface area contributed by atoms with Crippen LogP contribution in [0.15, 0.2) is 174 Å². The number of halogens is 5. The maximum atomic E-state index is 8.94. The van der Waals surface area contributed by atoms with E-state index in [0.717, 1.165) is 54.7 Å². The standard InChI is InChI=1S/C25H14Cl2N4.C19H20BNO2.C12H6BrCl2N3/c26-22-13-24-25(14-23(22)27)30-31(29-24)21-11-9-20(10-12-21)19-7-5-18(6-8-19)17-3-1-16(15-28)2-4-17;1-18(2)19(3,4)23-20(22-18)17-11-9-16(10-12-17)15-7-5-14(13-21)6-8-15;13-7-1-3-8(4-2-7)18-16-11-5-9(14)10(15)6-12(11)17-18/h1-14H;5-12H,1-4H3;1-6H. The quantitative estimate of drug-likeness (QED) is 0.151. The maximum absolute atomic E-state index is 8.94. The molecule has 1 aliphatic rings. The average molecular weight is 1090 g/mol. The van der Waals surface area contributed by atoms with Gasteiger partial charge in [-0.3, -0.25) is 0 Å². The van der Waals surface area contributed by atoms with Crippen LogP contribution in [-0.2, 0) is 9.31 Å². The highest BCUT2D eigenvalue weighted by molar-refractivity contribution is 9.10. The number of fused-ring (bicyclic) bond motifs is 2. The minimum Gasteiger partial charge on any atom is -0.399 e. The molecule has 0 radical (unpaired) electrons. The molecule has 0 atom stereocenters. The predicted molar refractivity (Wildman–Crippen MR) is 293 cm³/mol. The number of hydrogen-bond donors (Lipinski definition) is 0. The van der Waals surface area contributed by atoms with Crippen molar-refractivity contribution in [3.8, 4) is 56.9 Å². The highest BCUT2D eigenvalue weighted by Crippen LogP contribution is 2.37. The van der Waals surface area contributed by atoms with Gasteiger partial charge in [0.05, 0.1) is 65.9 Å². The van der Waals surface area contributed by atoms with E-state index in [-0.39, 0.29) is 18.3 Å². The second-order valence-corrected chi connectivity index (χ2v) is 20.2. The molecule has 11 rings (SSSR count). The zero-order chi connectivity index (χ0) is 50.7. The third kappa shape index (κ3) is 11.1. The Kier molecular flexibility index (Phi) is 14.7. The largest absolute Gasteiger partial charge is 0.494 e. The molecular weight excluding hydrogens is 1050 g/mol. The van der Waals surface area contributed by atoms with Gasteiger partial charge in [-0.2, -0.15) is 20.1 Å². The molecule has 10 aromatic rings. The monoisotopic (exact) mass is 1090 g/mol. The van der Waals surface area contributed by atoms with Crippen molar-refractivity contribution in [1.82, 2.24) is 30.0 Å². The van der Waals surface area contributed by atoms with Crippen LogP contribution >= 0.6 is 62.3 Å². The van der Waals surface area contributed by atoms with Crippen molar-refractivity contribution in [1.29, 1.82) is 10.5 Å². The molecule has 1 aliphatic heterocycles. The fourth-order valence-corrected chi connectivity index (χ4v) is 8.45. The van der Waals surface area contributed by atoms with Crippen LogP contribution in [-0.4, -0.2) is 48.3 Å². The van der Waals surface area contributed by atoms with Gasteiger partial charge in [-0.25, -0.2) is 0 Å². The maximum Gasteiger partial charge on any atom is 0.494 e. The number of nitriles is 2. The molecule has 1 fully saturated rings. The fourth-order valence-electron chi connectivity index (χ4n) is 7.56. The van der Waals surface area contributed by atoms with Crippen LogP contribution in [0.4, 0.5) is 0 Å². The molecule has 3 heterocycles. The molecule has 0 unspecified atom stereocenters. The first kappa shape index (κ1) is 50.1. The molecule has 0 bridgehead atoms. The summed E-state index contributed by atoms with van der Waals surface area (Å²) >= 11 is 27.4. The van der Waals surface area contributed by atoms with E-state index in [2.05, 4.69) is 113 Å². The molecule has 2 aromatic heterocycles. The van der Waals surface area contributed by atoms with Gasteiger partial charge in [0.2, 0.25) is 0 Å². The van der Waals surface area contributed by atoms with E-state index in [9.17, 15) is 0 Å². The summed E-state index contributed by atoms with van der Waals surface area (Å²) in [5.74, 6) is 0. The first-order valence-corrected chi connectivity index (χ1v) is 24.7. The second-order valence-electron chi connectivity index (χ2n) is 17.7. The van der Waals surface area contributed by atoms with Crippen LogP contribution in [0.25, 0.3) is 66.8 Å². The predicted octanol–water partition coefficient (Wildman–Crippen LogP) is 14.9. The minimum atomic E-state index is -0.338. The number of nitrogens with zero attached hydrogens (tertiary/aromatic N) is 8. The molecule has 0 amide bonds. The zero-order valence-electron chi connectivity index (χ0n) is 39.0. The molecule has 10 nitrogen and oxygen atoms in total. The van der Waals surface area contributed by atoms with E-state index >= 15 is 0 Å². The normalized spacial score (nSPS) is 13.4. The van der Waals surface area contributed by atoms with E-state index < -0.39 is 0 Å². The summed E-state index contributed by atoms with van der Waals surface area (Å²) in [5, 5.41) is 37.4. The Morgan fingerprint density at radius 3 is 1.00 bits per heavy atom. The Morgan fingerprint density at radius 2 is 0.694 bits per heavy atom. The van der Waals surface area contributed by atoms with Crippen molar-refractivity contribution in [2.45, 2.75) is 38.9 Å². The van der Waals surface area contributed by atoms with Crippen LogP contribution in [0.1, 0.15) is 38.8 Å². The Balaban J connectivity index is 0.000000139. The van der Waals surface area contributed by atoms with Crippen LogP contribution < -0.4 is 5.46 Å². The summed E-state index contributed by atoms with van der Waals surface area (Å²) in [6, 6.07) is 58.6. The molecule has 354 valence electrons. The molecule has 72 heavy (non-hydrogen) atoms. The van der Waals surface area contributed by atoms with Crippen molar-refractivity contribution >= 4 is 97.0 Å². The minimum absolute atomic E-state index is 0.330. The zero-order valence-corrected chi connectivity index (χ0v) is 43.6. The van der Waals surface area contributed by atoms with Gasteiger partial charge in [-0.15, -0.1) is 20.4 Å². The summed E-state index contributed by atoms with van der Waals surface area (Å²) in [6.07, 6.45) is 0. The number of hydrogen-bond acceptors (Lipinski definition) is 8. The molecule has 1 saturated heterocycles. The van der Waals surface area contributed by atoms with Crippen molar-refractivity contribution in [3.63, 3.8) is 0 Å². The van der Waals surface area contributed by atoms with Crippen LogP contribution in [0.3, 0.4) is 0 Å². The summed E-state index contributed by atoms with van der Waals surface area (Å²) in [6.45, 7) is 8.21. The van der Waals surface area contributed by atoms with Gasteiger partial charge in [0.1, 0.15) is 22.1 Å². The molecule has 16 heteroatoms. The van der Waals surface area contributed by atoms with E-state index in [1.165, 1.54) is 0 Å². The average Bonchev–Trinajstić information content (AvgIpc) is 4.06. The Bertz CT molecular complexity index is 3560. The van der Waals surface area contributed by atoms with Crippen molar-refractivity contribution in [2.24, 2.45) is 0 Å². The van der Waals surface area contributed by atoms with Crippen molar-refractivity contribution in [2.75, 3.05) is 0 Å². The lowest BCUT2D eigenvalue weighted by Crippen LogP contribution is -2.41. The van der Waals surface area contributed by atoms with E-state index in [1.54, 1.807) is 33.9 Å². The van der Waals surface area contributed by atoms with E-state index in [0.29, 0.717) is 53.3 Å². The van der Waals surface area contributed by atoms with Gasteiger partial charge in [-0.1, -0.05) is 147 Å². The molecule has 0 N–H and O–H groups in total. The number of aromatic nitrogens is 6. The molecule has 0 saturated carbocycles. The van der Waals surface area contributed by atoms with Crippen LogP contribution in [0.2, 0.25) is 20.1 Å². The van der Waals surface area contributed by atoms with E-state index in [1.807, 2.05) is 109 Å².